The SMILES string of the molecule is Brc1cc(Br)cc([C@@H]2COCCN2)c1.Cl. The van der Waals surface area contributed by atoms with Gasteiger partial charge in [-0.1, -0.05) is 31.9 Å². The maximum atomic E-state index is 5.42. The van der Waals surface area contributed by atoms with Gasteiger partial charge in [0.25, 0.3) is 0 Å². The fourth-order valence-corrected chi connectivity index (χ4v) is 2.88. The van der Waals surface area contributed by atoms with Gasteiger partial charge in [-0.15, -0.1) is 12.4 Å². The largest absolute Gasteiger partial charge is 0.378 e. The summed E-state index contributed by atoms with van der Waals surface area (Å²) in [5, 5.41) is 3.42. The van der Waals surface area contributed by atoms with E-state index in [9.17, 15) is 0 Å². The summed E-state index contributed by atoms with van der Waals surface area (Å²) in [6.07, 6.45) is 0. The Morgan fingerprint density at radius 1 is 1.20 bits per heavy atom. The van der Waals surface area contributed by atoms with Gasteiger partial charge in [0.2, 0.25) is 0 Å². The fourth-order valence-electron chi connectivity index (χ4n) is 1.56. The van der Waals surface area contributed by atoms with E-state index in [1.54, 1.807) is 0 Å². The summed E-state index contributed by atoms with van der Waals surface area (Å²) in [6, 6.07) is 6.60. The van der Waals surface area contributed by atoms with Gasteiger partial charge in [-0.25, -0.2) is 0 Å². The maximum Gasteiger partial charge on any atom is 0.0662 e. The van der Waals surface area contributed by atoms with Crippen molar-refractivity contribution in [3.63, 3.8) is 0 Å². The molecule has 1 aromatic rings. The minimum Gasteiger partial charge on any atom is -0.378 e. The Hall–Kier alpha value is 0.390. The highest BCUT2D eigenvalue weighted by atomic mass is 79.9. The van der Waals surface area contributed by atoms with Gasteiger partial charge in [0.15, 0.2) is 0 Å². The molecule has 0 aliphatic carbocycles. The van der Waals surface area contributed by atoms with Crippen molar-refractivity contribution in [2.24, 2.45) is 0 Å². The molecule has 1 aliphatic rings. The molecule has 1 aliphatic heterocycles. The lowest BCUT2D eigenvalue weighted by molar-refractivity contribution is 0.0768. The molecule has 84 valence electrons. The van der Waals surface area contributed by atoms with Crippen molar-refractivity contribution in [3.8, 4) is 0 Å². The van der Waals surface area contributed by atoms with Crippen LogP contribution in [0.15, 0.2) is 27.1 Å². The Morgan fingerprint density at radius 2 is 1.87 bits per heavy atom. The van der Waals surface area contributed by atoms with Crippen molar-refractivity contribution < 1.29 is 4.74 Å². The van der Waals surface area contributed by atoms with E-state index in [2.05, 4.69) is 49.3 Å². The van der Waals surface area contributed by atoms with E-state index < -0.39 is 0 Å². The summed E-state index contributed by atoms with van der Waals surface area (Å²) in [6.45, 7) is 2.49. The summed E-state index contributed by atoms with van der Waals surface area (Å²) in [7, 11) is 0. The number of morpholine rings is 1. The van der Waals surface area contributed by atoms with Crippen LogP contribution in [0.2, 0.25) is 0 Å². The average Bonchev–Trinajstić information content (AvgIpc) is 2.18. The van der Waals surface area contributed by atoms with E-state index in [0.717, 1.165) is 28.7 Å². The van der Waals surface area contributed by atoms with Crippen LogP contribution < -0.4 is 5.32 Å². The van der Waals surface area contributed by atoms with Crippen LogP contribution >= 0.6 is 44.3 Å². The molecule has 0 spiro atoms. The van der Waals surface area contributed by atoms with Crippen molar-refractivity contribution >= 4 is 44.3 Å². The number of hydrogen-bond donors (Lipinski definition) is 1. The van der Waals surface area contributed by atoms with Gasteiger partial charge in [-0.3, -0.25) is 0 Å². The lowest BCUT2D eigenvalue weighted by atomic mass is 10.1. The Kier molecular flexibility index (Phi) is 5.57. The number of nitrogens with one attached hydrogen (secondary N) is 1. The zero-order valence-electron chi connectivity index (χ0n) is 8.00. The van der Waals surface area contributed by atoms with Crippen molar-refractivity contribution in [1.82, 2.24) is 5.32 Å². The molecule has 1 heterocycles. The van der Waals surface area contributed by atoms with Crippen LogP contribution in [0.5, 0.6) is 0 Å². The van der Waals surface area contributed by atoms with Crippen LogP contribution in [-0.4, -0.2) is 19.8 Å². The van der Waals surface area contributed by atoms with Crippen molar-refractivity contribution in [1.29, 1.82) is 0 Å². The maximum absolute atomic E-state index is 5.42. The smallest absolute Gasteiger partial charge is 0.0662 e. The predicted molar refractivity (Wildman–Crippen MR) is 70.7 cm³/mol. The molecule has 2 rings (SSSR count). The van der Waals surface area contributed by atoms with Crippen LogP contribution in [0, 0.1) is 0 Å². The number of rotatable bonds is 1. The van der Waals surface area contributed by atoms with Gasteiger partial charge in [-0.2, -0.15) is 0 Å². The Labute approximate surface area is 112 Å². The second-order valence-corrected chi connectivity index (χ2v) is 5.12. The van der Waals surface area contributed by atoms with E-state index in [0.29, 0.717) is 6.04 Å². The van der Waals surface area contributed by atoms with Gasteiger partial charge in [0.05, 0.1) is 19.3 Å². The second kappa shape index (κ2) is 6.21. The summed E-state index contributed by atoms with van der Waals surface area (Å²) < 4.78 is 7.61. The normalized spacial score (nSPS) is 20.8. The molecule has 0 unspecified atom stereocenters. The number of ether oxygens (including phenoxy) is 1. The Morgan fingerprint density at radius 3 is 2.40 bits per heavy atom. The second-order valence-electron chi connectivity index (χ2n) is 3.28. The first-order valence-electron chi connectivity index (χ1n) is 4.53. The third kappa shape index (κ3) is 3.71. The topological polar surface area (TPSA) is 21.3 Å². The van der Waals surface area contributed by atoms with Gasteiger partial charge in [0, 0.05) is 15.5 Å². The van der Waals surface area contributed by atoms with Crippen LogP contribution in [0.3, 0.4) is 0 Å². The Balaban J connectivity index is 0.00000112. The van der Waals surface area contributed by atoms with Crippen LogP contribution in [-0.2, 0) is 4.74 Å². The molecule has 0 amide bonds. The zero-order valence-corrected chi connectivity index (χ0v) is 12.0. The highest BCUT2D eigenvalue weighted by Gasteiger charge is 2.15. The first-order chi connectivity index (χ1) is 6.75. The summed E-state index contributed by atoms with van der Waals surface area (Å²) in [5.41, 5.74) is 1.26. The summed E-state index contributed by atoms with van der Waals surface area (Å²) >= 11 is 6.96. The van der Waals surface area contributed by atoms with Crippen LogP contribution in [0.1, 0.15) is 11.6 Å². The standard InChI is InChI=1S/C10H11Br2NO.ClH/c11-8-3-7(4-9(12)5-8)10-6-14-2-1-13-10;/h3-5,10,13H,1-2,6H2;1H/t10-;/m0./s1. The van der Waals surface area contributed by atoms with Gasteiger partial charge in [-0.05, 0) is 23.8 Å². The highest BCUT2D eigenvalue weighted by molar-refractivity contribution is 9.11. The van der Waals surface area contributed by atoms with E-state index in [-0.39, 0.29) is 12.4 Å². The van der Waals surface area contributed by atoms with Crippen molar-refractivity contribution in [2.45, 2.75) is 6.04 Å². The van der Waals surface area contributed by atoms with Gasteiger partial charge in [0.1, 0.15) is 0 Å². The van der Waals surface area contributed by atoms with Crippen molar-refractivity contribution in [2.75, 3.05) is 19.8 Å². The first kappa shape index (κ1) is 13.5. The van der Waals surface area contributed by atoms with E-state index in [1.165, 1.54) is 5.56 Å². The molecular weight excluding hydrogens is 345 g/mol. The molecule has 1 N–H and O–H groups in total. The molecule has 2 nitrogen and oxygen atoms in total. The highest BCUT2D eigenvalue weighted by Crippen LogP contribution is 2.25. The Bertz CT molecular complexity index is 309. The molecule has 0 bridgehead atoms. The van der Waals surface area contributed by atoms with Gasteiger partial charge < -0.3 is 10.1 Å². The van der Waals surface area contributed by atoms with E-state index in [1.807, 2.05) is 6.07 Å². The lowest BCUT2D eigenvalue weighted by Gasteiger charge is -2.24. The third-order valence-corrected chi connectivity index (χ3v) is 3.12. The number of halogens is 3. The molecule has 15 heavy (non-hydrogen) atoms. The van der Waals surface area contributed by atoms with E-state index >= 15 is 0 Å². The molecule has 0 radical (unpaired) electrons. The van der Waals surface area contributed by atoms with Gasteiger partial charge >= 0.3 is 0 Å². The molecule has 0 aromatic heterocycles. The number of hydrogen-bond acceptors (Lipinski definition) is 2. The summed E-state index contributed by atoms with van der Waals surface area (Å²) in [4.78, 5) is 0. The first-order valence-corrected chi connectivity index (χ1v) is 6.11. The van der Waals surface area contributed by atoms with E-state index in [4.69, 9.17) is 4.74 Å². The quantitative estimate of drug-likeness (QED) is 0.833. The minimum atomic E-state index is 0. The fraction of sp³-hybridized carbons (Fsp3) is 0.400. The molecule has 0 saturated carbocycles. The van der Waals surface area contributed by atoms with Crippen LogP contribution in [0.25, 0.3) is 0 Å². The number of benzene rings is 1. The molecule has 1 atom stereocenters. The molecule has 5 heteroatoms. The molecule has 1 aromatic carbocycles. The average molecular weight is 357 g/mol. The third-order valence-electron chi connectivity index (χ3n) is 2.21. The van der Waals surface area contributed by atoms with Crippen LogP contribution in [0.4, 0.5) is 0 Å². The summed E-state index contributed by atoms with van der Waals surface area (Å²) in [5.74, 6) is 0. The van der Waals surface area contributed by atoms with Crippen molar-refractivity contribution in [3.05, 3.63) is 32.7 Å². The predicted octanol–water partition coefficient (Wildman–Crippen LogP) is 3.29. The zero-order chi connectivity index (χ0) is 9.97. The molecule has 1 saturated heterocycles. The lowest BCUT2D eigenvalue weighted by Crippen LogP contribution is -2.34. The monoisotopic (exact) mass is 355 g/mol. The molecular formula is C10H12Br2ClNO. The molecule has 1 fully saturated rings. The minimum absolute atomic E-state index is 0.